The van der Waals surface area contributed by atoms with E-state index in [1.165, 1.54) is 12.8 Å². The van der Waals surface area contributed by atoms with Gasteiger partial charge >= 0.3 is 0 Å². The maximum atomic E-state index is 12.6. The van der Waals surface area contributed by atoms with Crippen LogP contribution in [0, 0.1) is 5.92 Å². The summed E-state index contributed by atoms with van der Waals surface area (Å²) in [6.45, 7) is 0.657. The number of rotatable bonds is 2. The van der Waals surface area contributed by atoms with Crippen LogP contribution in [0.3, 0.4) is 0 Å². The molecule has 3 nitrogen and oxygen atoms in total. The molecule has 1 aliphatic carbocycles. The van der Waals surface area contributed by atoms with Crippen LogP contribution in [0.2, 0.25) is 5.02 Å². The van der Waals surface area contributed by atoms with Gasteiger partial charge in [0.25, 0.3) is 5.91 Å². The summed E-state index contributed by atoms with van der Waals surface area (Å²) < 4.78 is 0. The van der Waals surface area contributed by atoms with Crippen LogP contribution in [0.4, 0.5) is 0 Å². The van der Waals surface area contributed by atoms with E-state index in [4.69, 9.17) is 11.6 Å². The Labute approximate surface area is 118 Å². The molecule has 102 valence electrons. The summed E-state index contributed by atoms with van der Waals surface area (Å²) in [4.78, 5) is 14.5. The predicted molar refractivity (Wildman–Crippen MR) is 74.2 cm³/mol. The molecule has 3 rings (SSSR count). The molecule has 1 heterocycles. The minimum absolute atomic E-state index is 0.0699. The third-order valence-electron chi connectivity index (χ3n) is 4.14. The number of piperidine rings is 1. The quantitative estimate of drug-likeness (QED) is 0.904. The second-order valence-electron chi connectivity index (χ2n) is 5.59. The van der Waals surface area contributed by atoms with Gasteiger partial charge in [0.05, 0.1) is 6.10 Å². The van der Waals surface area contributed by atoms with Crippen LogP contribution in [-0.4, -0.2) is 34.6 Å². The van der Waals surface area contributed by atoms with E-state index in [0.29, 0.717) is 29.5 Å². The number of carbonyl (C=O) groups is 1. The smallest absolute Gasteiger partial charge is 0.254 e. The number of likely N-dealkylation sites (tertiary alicyclic amines) is 1. The van der Waals surface area contributed by atoms with Crippen molar-refractivity contribution in [1.29, 1.82) is 0 Å². The fourth-order valence-electron chi connectivity index (χ4n) is 2.92. The number of nitrogens with zero attached hydrogens (tertiary/aromatic N) is 1. The molecule has 2 aliphatic rings. The molecular weight excluding hydrogens is 262 g/mol. The molecule has 4 heteroatoms. The van der Waals surface area contributed by atoms with Crippen molar-refractivity contribution in [2.24, 2.45) is 5.92 Å². The minimum Gasteiger partial charge on any atom is -0.393 e. The van der Waals surface area contributed by atoms with Crippen LogP contribution in [0.15, 0.2) is 24.3 Å². The van der Waals surface area contributed by atoms with Gasteiger partial charge in [0.2, 0.25) is 0 Å². The Bertz CT molecular complexity index is 470. The molecule has 0 bridgehead atoms. The molecular formula is C15H18ClNO2. The Morgan fingerprint density at radius 3 is 2.53 bits per heavy atom. The first-order valence-electron chi connectivity index (χ1n) is 6.90. The lowest BCUT2D eigenvalue weighted by Gasteiger charge is -2.38. The summed E-state index contributed by atoms with van der Waals surface area (Å²) >= 11 is 5.85. The summed E-state index contributed by atoms with van der Waals surface area (Å²) in [5.41, 5.74) is 0.687. The van der Waals surface area contributed by atoms with Crippen LogP contribution in [0.5, 0.6) is 0 Å². The standard InChI is InChI=1S/C15H18ClNO2/c16-12-5-3-11(4-6-12)15(19)17-8-7-13(18)9-14(17)10-1-2-10/h3-6,10,13-14,18H,1-2,7-9H2/t13-,14-/m1/s1. The van der Waals surface area contributed by atoms with Crippen LogP contribution >= 0.6 is 11.6 Å². The minimum atomic E-state index is -0.250. The van der Waals surface area contributed by atoms with Gasteiger partial charge in [-0.1, -0.05) is 11.6 Å². The average Bonchev–Trinajstić information content (AvgIpc) is 3.23. The lowest BCUT2D eigenvalue weighted by atomic mass is 9.95. The molecule has 1 saturated carbocycles. The van der Waals surface area contributed by atoms with E-state index in [0.717, 1.165) is 6.42 Å². The van der Waals surface area contributed by atoms with Crippen molar-refractivity contribution in [1.82, 2.24) is 4.90 Å². The maximum absolute atomic E-state index is 12.6. The molecule has 0 unspecified atom stereocenters. The van der Waals surface area contributed by atoms with Crippen molar-refractivity contribution in [2.45, 2.75) is 37.8 Å². The number of carbonyl (C=O) groups excluding carboxylic acids is 1. The van der Waals surface area contributed by atoms with Crippen LogP contribution in [0.1, 0.15) is 36.0 Å². The van der Waals surface area contributed by atoms with Gasteiger partial charge in [-0.15, -0.1) is 0 Å². The van der Waals surface area contributed by atoms with Gasteiger partial charge in [-0.25, -0.2) is 0 Å². The van der Waals surface area contributed by atoms with Crippen molar-refractivity contribution in [2.75, 3.05) is 6.54 Å². The second kappa shape index (κ2) is 5.14. The molecule has 0 spiro atoms. The molecule has 2 atom stereocenters. The number of benzene rings is 1. The third-order valence-corrected chi connectivity index (χ3v) is 4.39. The summed E-state index contributed by atoms with van der Waals surface area (Å²) in [6, 6.07) is 7.27. The highest BCUT2D eigenvalue weighted by atomic mass is 35.5. The second-order valence-corrected chi connectivity index (χ2v) is 6.02. The largest absolute Gasteiger partial charge is 0.393 e. The van der Waals surface area contributed by atoms with Gasteiger partial charge in [0, 0.05) is 23.2 Å². The summed E-state index contributed by atoms with van der Waals surface area (Å²) in [6.07, 6.45) is 3.52. The van der Waals surface area contributed by atoms with Crippen LogP contribution in [0.25, 0.3) is 0 Å². The van der Waals surface area contributed by atoms with Crippen molar-refractivity contribution < 1.29 is 9.90 Å². The lowest BCUT2D eigenvalue weighted by molar-refractivity contribution is 0.0270. The number of aliphatic hydroxyl groups excluding tert-OH is 1. The zero-order chi connectivity index (χ0) is 13.4. The normalized spacial score (nSPS) is 27.4. The average molecular weight is 280 g/mol. The number of halogens is 1. The number of amides is 1. The van der Waals surface area contributed by atoms with Gasteiger partial charge in [-0.05, 0) is 55.9 Å². The molecule has 0 aromatic heterocycles. The predicted octanol–water partition coefficient (Wildman–Crippen LogP) is 2.72. The van der Waals surface area contributed by atoms with Gasteiger partial charge < -0.3 is 10.0 Å². The van der Waals surface area contributed by atoms with Gasteiger partial charge in [0.1, 0.15) is 0 Å². The molecule has 1 aromatic rings. The van der Waals surface area contributed by atoms with Gasteiger partial charge in [-0.2, -0.15) is 0 Å². The molecule has 2 fully saturated rings. The van der Waals surface area contributed by atoms with E-state index < -0.39 is 0 Å². The Hall–Kier alpha value is -1.06. The van der Waals surface area contributed by atoms with Crippen molar-refractivity contribution in [3.8, 4) is 0 Å². The first kappa shape index (κ1) is 12.9. The Morgan fingerprint density at radius 1 is 1.21 bits per heavy atom. The van der Waals surface area contributed by atoms with E-state index in [1.54, 1.807) is 24.3 Å². The molecule has 0 radical (unpaired) electrons. The summed E-state index contributed by atoms with van der Waals surface area (Å²) in [5, 5.41) is 10.5. The summed E-state index contributed by atoms with van der Waals surface area (Å²) in [5.74, 6) is 0.659. The van der Waals surface area contributed by atoms with E-state index >= 15 is 0 Å². The van der Waals surface area contributed by atoms with Gasteiger partial charge in [-0.3, -0.25) is 4.79 Å². The molecule has 1 N–H and O–H groups in total. The van der Waals surface area contributed by atoms with E-state index in [-0.39, 0.29) is 18.1 Å². The molecule has 1 saturated heterocycles. The highest BCUT2D eigenvalue weighted by Crippen LogP contribution is 2.40. The van der Waals surface area contributed by atoms with Crippen LogP contribution < -0.4 is 0 Å². The molecule has 19 heavy (non-hydrogen) atoms. The monoisotopic (exact) mass is 279 g/mol. The fraction of sp³-hybridized carbons (Fsp3) is 0.533. The van der Waals surface area contributed by atoms with E-state index in [2.05, 4.69) is 0 Å². The van der Waals surface area contributed by atoms with Crippen molar-refractivity contribution in [3.63, 3.8) is 0 Å². The zero-order valence-electron chi connectivity index (χ0n) is 10.8. The van der Waals surface area contributed by atoms with Crippen LogP contribution in [-0.2, 0) is 0 Å². The SMILES string of the molecule is O=C(c1ccc(Cl)cc1)N1CC[C@@H](O)C[C@@H]1C1CC1. The van der Waals surface area contributed by atoms with Crippen molar-refractivity contribution >= 4 is 17.5 Å². The topological polar surface area (TPSA) is 40.5 Å². The molecule has 1 amide bonds. The fourth-order valence-corrected chi connectivity index (χ4v) is 3.04. The first-order valence-corrected chi connectivity index (χ1v) is 7.27. The highest BCUT2D eigenvalue weighted by Gasteiger charge is 2.41. The molecule has 1 aliphatic heterocycles. The number of hydrogen-bond acceptors (Lipinski definition) is 2. The Balaban J connectivity index is 1.79. The number of hydrogen-bond donors (Lipinski definition) is 1. The Kier molecular flexibility index (Phi) is 3.50. The lowest BCUT2D eigenvalue weighted by Crippen LogP contribution is -2.48. The maximum Gasteiger partial charge on any atom is 0.254 e. The molecule has 1 aromatic carbocycles. The highest BCUT2D eigenvalue weighted by molar-refractivity contribution is 6.30. The van der Waals surface area contributed by atoms with Crippen molar-refractivity contribution in [3.05, 3.63) is 34.9 Å². The number of aliphatic hydroxyl groups is 1. The summed E-state index contributed by atoms with van der Waals surface area (Å²) in [7, 11) is 0. The zero-order valence-corrected chi connectivity index (χ0v) is 11.5. The van der Waals surface area contributed by atoms with E-state index in [1.807, 2.05) is 4.90 Å². The third kappa shape index (κ3) is 2.77. The van der Waals surface area contributed by atoms with Gasteiger partial charge in [0.15, 0.2) is 0 Å². The Morgan fingerprint density at radius 2 is 1.89 bits per heavy atom. The first-order chi connectivity index (χ1) is 9.15. The van der Waals surface area contributed by atoms with E-state index in [9.17, 15) is 9.90 Å².